The van der Waals surface area contributed by atoms with E-state index in [4.69, 9.17) is 5.10 Å². The summed E-state index contributed by atoms with van der Waals surface area (Å²) >= 11 is 0. The SMILES string of the molecule is CC(=O)N1CCN(C(=O)c2c(CC(C)C)nn(-c3ccc(C)cc3)c2C)CC1. The third-order valence-corrected chi connectivity index (χ3v) is 5.30. The van der Waals surface area contributed by atoms with Crippen LogP contribution in [0.4, 0.5) is 0 Å². The summed E-state index contributed by atoms with van der Waals surface area (Å²) in [5.41, 5.74) is 4.60. The Morgan fingerprint density at radius 2 is 1.57 bits per heavy atom. The summed E-state index contributed by atoms with van der Waals surface area (Å²) in [5.74, 6) is 0.493. The van der Waals surface area contributed by atoms with Gasteiger partial charge in [-0.15, -0.1) is 0 Å². The number of amides is 2. The molecule has 150 valence electrons. The highest BCUT2D eigenvalue weighted by Gasteiger charge is 2.29. The van der Waals surface area contributed by atoms with Crippen molar-refractivity contribution in [3.63, 3.8) is 0 Å². The van der Waals surface area contributed by atoms with Crippen LogP contribution in [0.3, 0.4) is 0 Å². The van der Waals surface area contributed by atoms with Gasteiger partial charge in [0, 0.05) is 33.1 Å². The van der Waals surface area contributed by atoms with Crippen molar-refractivity contribution in [2.45, 2.75) is 41.0 Å². The number of benzene rings is 1. The van der Waals surface area contributed by atoms with Crippen molar-refractivity contribution in [3.8, 4) is 5.69 Å². The van der Waals surface area contributed by atoms with Gasteiger partial charge in [-0.05, 0) is 38.3 Å². The highest BCUT2D eigenvalue weighted by Crippen LogP contribution is 2.23. The summed E-state index contributed by atoms with van der Waals surface area (Å²) < 4.78 is 1.89. The molecule has 0 bridgehead atoms. The van der Waals surface area contributed by atoms with Crippen molar-refractivity contribution in [1.29, 1.82) is 0 Å². The zero-order valence-electron chi connectivity index (χ0n) is 17.5. The Hall–Kier alpha value is -2.63. The first-order chi connectivity index (χ1) is 13.3. The number of piperazine rings is 1. The lowest BCUT2D eigenvalue weighted by molar-refractivity contribution is -0.130. The van der Waals surface area contributed by atoms with E-state index in [1.807, 2.05) is 28.6 Å². The highest BCUT2D eigenvalue weighted by atomic mass is 16.2. The number of aryl methyl sites for hydroxylation is 1. The molecule has 0 saturated carbocycles. The molecule has 0 spiro atoms. The summed E-state index contributed by atoms with van der Waals surface area (Å²) in [4.78, 5) is 28.6. The van der Waals surface area contributed by atoms with Gasteiger partial charge in [-0.3, -0.25) is 9.59 Å². The highest BCUT2D eigenvalue weighted by molar-refractivity contribution is 5.97. The van der Waals surface area contributed by atoms with Crippen LogP contribution < -0.4 is 0 Å². The normalized spacial score (nSPS) is 14.6. The summed E-state index contributed by atoms with van der Waals surface area (Å²) in [6.07, 6.45) is 0.758. The average Bonchev–Trinajstić information content (AvgIpc) is 2.97. The van der Waals surface area contributed by atoms with Crippen molar-refractivity contribution >= 4 is 11.8 Å². The molecule has 3 rings (SSSR count). The zero-order valence-corrected chi connectivity index (χ0v) is 17.5. The van der Waals surface area contributed by atoms with Crippen LogP contribution in [0.25, 0.3) is 5.69 Å². The summed E-state index contributed by atoms with van der Waals surface area (Å²) in [6.45, 7) is 12.2. The molecule has 6 nitrogen and oxygen atoms in total. The van der Waals surface area contributed by atoms with Gasteiger partial charge in [0.2, 0.25) is 5.91 Å². The summed E-state index contributed by atoms with van der Waals surface area (Å²) in [6, 6.07) is 8.19. The van der Waals surface area contributed by atoms with Crippen LogP contribution in [0.2, 0.25) is 0 Å². The third kappa shape index (κ3) is 4.11. The van der Waals surface area contributed by atoms with Gasteiger partial charge in [0.15, 0.2) is 0 Å². The molecule has 1 aromatic heterocycles. The Bertz CT molecular complexity index is 859. The molecule has 1 aliphatic heterocycles. The Balaban J connectivity index is 1.93. The molecule has 2 amide bonds. The lowest BCUT2D eigenvalue weighted by Gasteiger charge is -2.34. The van der Waals surface area contributed by atoms with E-state index >= 15 is 0 Å². The minimum atomic E-state index is 0.0229. The van der Waals surface area contributed by atoms with Crippen LogP contribution in [-0.4, -0.2) is 57.6 Å². The number of hydrogen-bond donors (Lipinski definition) is 0. The maximum atomic E-state index is 13.4. The fourth-order valence-corrected chi connectivity index (χ4v) is 3.69. The van der Waals surface area contributed by atoms with Gasteiger partial charge in [-0.25, -0.2) is 4.68 Å². The maximum Gasteiger partial charge on any atom is 0.257 e. The monoisotopic (exact) mass is 382 g/mol. The average molecular weight is 383 g/mol. The van der Waals surface area contributed by atoms with Gasteiger partial charge >= 0.3 is 0 Å². The van der Waals surface area contributed by atoms with E-state index in [2.05, 4.69) is 32.9 Å². The second-order valence-corrected chi connectivity index (χ2v) is 8.05. The van der Waals surface area contributed by atoms with Gasteiger partial charge in [-0.2, -0.15) is 5.10 Å². The van der Waals surface area contributed by atoms with E-state index in [0.29, 0.717) is 37.7 Å². The minimum absolute atomic E-state index is 0.0229. The largest absolute Gasteiger partial charge is 0.339 e. The van der Waals surface area contributed by atoms with Crippen LogP contribution in [0.15, 0.2) is 24.3 Å². The lowest BCUT2D eigenvalue weighted by atomic mass is 10.0. The fourth-order valence-electron chi connectivity index (χ4n) is 3.69. The molecular formula is C22H30N4O2. The molecule has 0 N–H and O–H groups in total. The van der Waals surface area contributed by atoms with E-state index in [1.165, 1.54) is 5.56 Å². The topological polar surface area (TPSA) is 58.4 Å². The van der Waals surface area contributed by atoms with E-state index in [-0.39, 0.29) is 11.8 Å². The minimum Gasteiger partial charge on any atom is -0.339 e. The maximum absolute atomic E-state index is 13.4. The molecule has 1 saturated heterocycles. The van der Waals surface area contributed by atoms with Gasteiger partial charge in [0.1, 0.15) is 0 Å². The standard InChI is InChI=1S/C22H30N4O2/c1-15(2)14-20-21(22(28)25-12-10-24(11-13-25)18(5)27)17(4)26(23-20)19-8-6-16(3)7-9-19/h6-9,15H,10-14H2,1-5H3. The number of hydrogen-bond acceptors (Lipinski definition) is 3. The number of nitrogens with zero attached hydrogens (tertiary/aromatic N) is 4. The number of aromatic nitrogens is 2. The Morgan fingerprint density at radius 3 is 2.11 bits per heavy atom. The molecule has 0 aliphatic carbocycles. The molecule has 1 aromatic carbocycles. The van der Waals surface area contributed by atoms with Crippen molar-refractivity contribution < 1.29 is 9.59 Å². The molecule has 1 fully saturated rings. The molecule has 0 radical (unpaired) electrons. The fraction of sp³-hybridized carbons (Fsp3) is 0.500. The first-order valence-electron chi connectivity index (χ1n) is 9.98. The van der Waals surface area contributed by atoms with Crippen molar-refractivity contribution in [2.24, 2.45) is 5.92 Å². The van der Waals surface area contributed by atoms with Gasteiger partial charge in [0.25, 0.3) is 5.91 Å². The van der Waals surface area contributed by atoms with Crippen molar-refractivity contribution in [1.82, 2.24) is 19.6 Å². The lowest BCUT2D eigenvalue weighted by Crippen LogP contribution is -2.50. The van der Waals surface area contributed by atoms with E-state index in [9.17, 15) is 9.59 Å². The molecular weight excluding hydrogens is 352 g/mol. The Labute approximate surface area is 167 Å². The van der Waals surface area contributed by atoms with Crippen LogP contribution in [-0.2, 0) is 11.2 Å². The Morgan fingerprint density at radius 1 is 1.00 bits per heavy atom. The molecule has 1 aliphatic rings. The molecule has 0 unspecified atom stereocenters. The first-order valence-corrected chi connectivity index (χ1v) is 9.98. The van der Waals surface area contributed by atoms with Crippen LogP contribution in [0.5, 0.6) is 0 Å². The molecule has 6 heteroatoms. The van der Waals surface area contributed by atoms with Gasteiger partial charge in [-0.1, -0.05) is 31.5 Å². The molecule has 2 heterocycles. The molecule has 2 aromatic rings. The van der Waals surface area contributed by atoms with E-state index in [1.54, 1.807) is 11.8 Å². The van der Waals surface area contributed by atoms with Crippen LogP contribution in [0, 0.1) is 19.8 Å². The van der Waals surface area contributed by atoms with Crippen molar-refractivity contribution in [2.75, 3.05) is 26.2 Å². The molecule has 28 heavy (non-hydrogen) atoms. The number of carbonyl (C=O) groups excluding carboxylic acids is 2. The van der Waals surface area contributed by atoms with E-state index < -0.39 is 0 Å². The predicted molar refractivity (Wildman–Crippen MR) is 110 cm³/mol. The quantitative estimate of drug-likeness (QED) is 0.817. The predicted octanol–water partition coefficient (Wildman–Crippen LogP) is 2.99. The molecule has 0 atom stereocenters. The second kappa shape index (κ2) is 8.17. The zero-order chi connectivity index (χ0) is 20.4. The third-order valence-electron chi connectivity index (χ3n) is 5.30. The van der Waals surface area contributed by atoms with Crippen LogP contribution in [0.1, 0.15) is 48.1 Å². The summed E-state index contributed by atoms with van der Waals surface area (Å²) in [5, 5.41) is 4.81. The van der Waals surface area contributed by atoms with Crippen LogP contribution >= 0.6 is 0 Å². The van der Waals surface area contributed by atoms with E-state index in [0.717, 1.165) is 23.5 Å². The second-order valence-electron chi connectivity index (χ2n) is 8.05. The Kier molecular flexibility index (Phi) is 5.87. The van der Waals surface area contributed by atoms with Gasteiger partial charge < -0.3 is 9.80 Å². The number of carbonyl (C=O) groups is 2. The van der Waals surface area contributed by atoms with Gasteiger partial charge in [0.05, 0.1) is 22.6 Å². The smallest absolute Gasteiger partial charge is 0.257 e. The number of rotatable bonds is 4. The first kappa shape index (κ1) is 20.1. The van der Waals surface area contributed by atoms with Crippen molar-refractivity contribution in [3.05, 3.63) is 46.8 Å². The summed E-state index contributed by atoms with van der Waals surface area (Å²) in [7, 11) is 0.